The summed E-state index contributed by atoms with van der Waals surface area (Å²) in [5, 5.41) is 11.9. The van der Waals surface area contributed by atoms with Gasteiger partial charge in [0.25, 0.3) is 6.71 Å². The summed E-state index contributed by atoms with van der Waals surface area (Å²) in [5.74, 6) is 2.99. The highest BCUT2D eigenvalue weighted by atomic mass is 19.1. The van der Waals surface area contributed by atoms with E-state index >= 15 is 0 Å². The van der Waals surface area contributed by atoms with Gasteiger partial charge >= 0.3 is 0 Å². The maximum Gasteiger partial charge on any atom is 0.270 e. The van der Waals surface area contributed by atoms with Crippen LogP contribution < -0.4 is 5.32 Å². The Morgan fingerprint density at radius 2 is 2.47 bits per heavy atom. The van der Waals surface area contributed by atoms with Crippen molar-refractivity contribution in [1.29, 1.82) is 5.26 Å². The summed E-state index contributed by atoms with van der Waals surface area (Å²) in [6.07, 6.45) is 1.07. The highest BCUT2D eigenvalue weighted by molar-refractivity contribution is 6.67. The molecule has 2 saturated heterocycles. The van der Waals surface area contributed by atoms with E-state index in [9.17, 15) is 4.39 Å². The molecule has 5 heteroatoms. The van der Waals surface area contributed by atoms with E-state index in [0.717, 1.165) is 31.7 Å². The van der Waals surface area contributed by atoms with Crippen LogP contribution in [0, 0.1) is 11.2 Å². The summed E-state index contributed by atoms with van der Waals surface area (Å²) < 4.78 is 13.8. The van der Waals surface area contributed by atoms with Crippen LogP contribution in [0.5, 0.6) is 0 Å². The molecule has 15 heavy (non-hydrogen) atoms. The van der Waals surface area contributed by atoms with Gasteiger partial charge in [-0.3, -0.25) is 0 Å². The number of hydrogen-bond acceptors (Lipinski definition) is 3. The summed E-state index contributed by atoms with van der Waals surface area (Å²) in [7, 11) is 0. The second kappa shape index (κ2) is 4.14. The first-order chi connectivity index (χ1) is 7.22. The smallest absolute Gasteiger partial charge is 0.270 e. The molecule has 1 N–H and O–H groups in total. The molecule has 0 radical (unpaired) electrons. The van der Waals surface area contributed by atoms with Crippen molar-refractivity contribution in [3.05, 3.63) is 12.4 Å². The predicted molar refractivity (Wildman–Crippen MR) is 58.1 cm³/mol. The van der Waals surface area contributed by atoms with Crippen molar-refractivity contribution in [3.8, 4) is 5.97 Å². The van der Waals surface area contributed by atoms with Crippen LogP contribution in [-0.2, 0) is 0 Å². The van der Waals surface area contributed by atoms with E-state index in [1.165, 1.54) is 0 Å². The highest BCUT2D eigenvalue weighted by Gasteiger charge is 2.37. The number of nitrogens with zero attached hydrogens (tertiary/aromatic N) is 2. The Bertz CT molecular complexity index is 302. The molecule has 2 fully saturated rings. The molecule has 0 amide bonds. The van der Waals surface area contributed by atoms with E-state index in [0.29, 0.717) is 6.32 Å². The van der Waals surface area contributed by atoms with Gasteiger partial charge in [0, 0.05) is 19.1 Å². The summed E-state index contributed by atoms with van der Waals surface area (Å²) in [6, 6.07) is -0.0721. The fraction of sp³-hybridized carbons (Fsp3) is 0.700. The number of rotatable bonds is 1. The van der Waals surface area contributed by atoms with Gasteiger partial charge in [-0.15, -0.1) is 0 Å². The van der Waals surface area contributed by atoms with Crippen LogP contribution in [0.15, 0.2) is 12.4 Å². The molecule has 2 unspecified atom stereocenters. The van der Waals surface area contributed by atoms with Gasteiger partial charge in [-0.25, -0.2) is 9.65 Å². The van der Waals surface area contributed by atoms with Crippen LogP contribution >= 0.6 is 0 Å². The molecule has 0 aliphatic carbocycles. The SMILES string of the molecule is C=C1NCCN1C1CCB(C#N)CC1F. The minimum Gasteiger partial charge on any atom is -0.370 e. The van der Waals surface area contributed by atoms with Crippen molar-refractivity contribution in [3.63, 3.8) is 0 Å². The Balaban J connectivity index is 1.99. The van der Waals surface area contributed by atoms with Crippen LogP contribution in [0.1, 0.15) is 6.42 Å². The molecule has 2 aliphatic rings. The van der Waals surface area contributed by atoms with Crippen LogP contribution in [0.25, 0.3) is 0 Å². The van der Waals surface area contributed by atoms with E-state index in [1.54, 1.807) is 0 Å². The Morgan fingerprint density at radius 3 is 3.00 bits per heavy atom. The first kappa shape index (κ1) is 10.3. The zero-order chi connectivity index (χ0) is 10.8. The fourth-order valence-corrected chi connectivity index (χ4v) is 2.49. The van der Waals surface area contributed by atoms with Crippen molar-refractivity contribution >= 4 is 6.71 Å². The first-order valence-electron chi connectivity index (χ1n) is 5.45. The van der Waals surface area contributed by atoms with Crippen LogP contribution in [0.2, 0.25) is 12.6 Å². The van der Waals surface area contributed by atoms with E-state index in [4.69, 9.17) is 5.26 Å². The van der Waals surface area contributed by atoms with Gasteiger partial charge < -0.3 is 10.2 Å². The second-order valence-corrected chi connectivity index (χ2v) is 4.29. The summed E-state index contributed by atoms with van der Waals surface area (Å²) in [4.78, 5) is 2.01. The van der Waals surface area contributed by atoms with Gasteiger partial charge in [0.05, 0.1) is 11.9 Å². The van der Waals surface area contributed by atoms with Crippen molar-refractivity contribution < 1.29 is 4.39 Å². The topological polar surface area (TPSA) is 39.1 Å². The van der Waals surface area contributed by atoms with Gasteiger partial charge in [-0.1, -0.05) is 12.9 Å². The minimum atomic E-state index is -0.889. The first-order valence-corrected chi connectivity index (χ1v) is 5.45. The van der Waals surface area contributed by atoms with Crippen LogP contribution in [0.3, 0.4) is 0 Å². The van der Waals surface area contributed by atoms with Crippen molar-refractivity contribution in [1.82, 2.24) is 10.2 Å². The highest BCUT2D eigenvalue weighted by Crippen LogP contribution is 2.29. The molecular formula is C10H15BFN3. The largest absolute Gasteiger partial charge is 0.370 e. The van der Waals surface area contributed by atoms with E-state index in [2.05, 4.69) is 17.9 Å². The average molecular weight is 207 g/mol. The van der Waals surface area contributed by atoms with Gasteiger partial charge in [-0.05, 0) is 12.7 Å². The molecule has 0 saturated carbocycles. The monoisotopic (exact) mass is 207 g/mol. The summed E-state index contributed by atoms with van der Waals surface area (Å²) in [6.45, 7) is 5.46. The van der Waals surface area contributed by atoms with Gasteiger partial charge in [-0.2, -0.15) is 0 Å². The Labute approximate surface area is 90.0 Å². The van der Waals surface area contributed by atoms with E-state index in [-0.39, 0.29) is 12.8 Å². The molecule has 80 valence electrons. The minimum absolute atomic E-state index is 0.0721. The number of nitriles is 1. The quantitative estimate of drug-likeness (QED) is 0.652. The molecule has 0 aromatic rings. The maximum absolute atomic E-state index is 13.8. The summed E-state index contributed by atoms with van der Waals surface area (Å²) in [5.41, 5.74) is 0. The van der Waals surface area contributed by atoms with Crippen LogP contribution in [-0.4, -0.2) is 36.9 Å². The summed E-state index contributed by atoms with van der Waals surface area (Å²) >= 11 is 0. The molecular weight excluding hydrogens is 192 g/mol. The molecule has 0 aromatic heterocycles. The number of hydrogen-bond donors (Lipinski definition) is 1. The molecule has 2 rings (SSSR count). The Morgan fingerprint density at radius 1 is 1.67 bits per heavy atom. The molecule has 2 heterocycles. The molecule has 2 aliphatic heterocycles. The number of alkyl halides is 1. The number of nitrogens with one attached hydrogen (secondary N) is 1. The molecule has 2 atom stereocenters. The molecule has 0 bridgehead atoms. The van der Waals surface area contributed by atoms with Gasteiger partial charge in [0.2, 0.25) is 0 Å². The van der Waals surface area contributed by atoms with Crippen molar-refractivity contribution in [2.24, 2.45) is 0 Å². The lowest BCUT2D eigenvalue weighted by atomic mass is 9.42. The van der Waals surface area contributed by atoms with Crippen molar-refractivity contribution in [2.45, 2.75) is 31.3 Å². The average Bonchev–Trinajstić information content (AvgIpc) is 2.64. The van der Waals surface area contributed by atoms with Gasteiger partial charge in [0.15, 0.2) is 0 Å². The normalized spacial score (nSPS) is 31.3. The third-order valence-electron chi connectivity index (χ3n) is 3.35. The lowest BCUT2D eigenvalue weighted by Gasteiger charge is -2.35. The second-order valence-electron chi connectivity index (χ2n) is 4.29. The van der Waals surface area contributed by atoms with E-state index < -0.39 is 6.17 Å². The van der Waals surface area contributed by atoms with Gasteiger partial charge in [0.1, 0.15) is 6.17 Å². The fourth-order valence-electron chi connectivity index (χ4n) is 2.49. The predicted octanol–water partition coefficient (Wildman–Crippen LogP) is 1.03. The molecule has 0 spiro atoms. The lowest BCUT2D eigenvalue weighted by Crippen LogP contribution is -2.45. The Kier molecular flexibility index (Phi) is 2.85. The lowest BCUT2D eigenvalue weighted by molar-refractivity contribution is 0.157. The number of halogens is 1. The zero-order valence-electron chi connectivity index (χ0n) is 8.75. The Hall–Kier alpha value is -1.18. The molecule has 3 nitrogen and oxygen atoms in total. The van der Waals surface area contributed by atoms with Crippen molar-refractivity contribution in [2.75, 3.05) is 13.1 Å². The third kappa shape index (κ3) is 1.94. The molecule has 0 aromatic carbocycles. The van der Waals surface area contributed by atoms with Crippen LogP contribution in [0.4, 0.5) is 4.39 Å². The maximum atomic E-state index is 13.8. The third-order valence-corrected chi connectivity index (χ3v) is 3.35. The standard InChI is InChI=1S/C10H15BFN3/c1-8-14-4-5-15(8)10-2-3-11(7-13)6-9(10)12/h9-10,14H,1-6H2. The van der Waals surface area contributed by atoms with E-state index in [1.807, 2.05) is 4.90 Å². The zero-order valence-corrected chi connectivity index (χ0v) is 8.75.